The van der Waals surface area contributed by atoms with Gasteiger partial charge in [0.1, 0.15) is 0 Å². The molecular weight excluding hydrogens is 210 g/mol. The molecule has 1 aliphatic heterocycles. The Morgan fingerprint density at radius 2 is 2.27 bits per heavy atom. The molecule has 1 aromatic rings. The van der Waals surface area contributed by atoms with Gasteiger partial charge in [0.25, 0.3) is 0 Å². The number of likely N-dealkylation sites (N-methyl/N-ethyl adjacent to an activating group) is 1. The highest BCUT2D eigenvalue weighted by Gasteiger charge is 2.25. The van der Waals surface area contributed by atoms with Crippen molar-refractivity contribution in [2.75, 3.05) is 17.3 Å². The van der Waals surface area contributed by atoms with Crippen LogP contribution in [0.15, 0.2) is 18.2 Å². The summed E-state index contributed by atoms with van der Waals surface area (Å²) in [7, 11) is 0. The standard InChI is InChI=1S/C12H14ClNO/c1-2-14-11-4-3-9(5-6-13)7-10(11)8-12(14)15/h3-4,7H,2,5-6,8H2,1H3. The van der Waals surface area contributed by atoms with Gasteiger partial charge in [-0.1, -0.05) is 12.1 Å². The van der Waals surface area contributed by atoms with Gasteiger partial charge < -0.3 is 4.90 Å². The summed E-state index contributed by atoms with van der Waals surface area (Å²) < 4.78 is 0. The fourth-order valence-corrected chi connectivity index (χ4v) is 2.27. The Morgan fingerprint density at radius 1 is 1.47 bits per heavy atom. The van der Waals surface area contributed by atoms with Crippen molar-refractivity contribution in [1.29, 1.82) is 0 Å². The fraction of sp³-hybridized carbons (Fsp3) is 0.417. The third kappa shape index (κ3) is 1.86. The van der Waals surface area contributed by atoms with E-state index < -0.39 is 0 Å². The van der Waals surface area contributed by atoms with Crippen LogP contribution in [-0.4, -0.2) is 18.3 Å². The van der Waals surface area contributed by atoms with Crippen molar-refractivity contribution >= 4 is 23.2 Å². The summed E-state index contributed by atoms with van der Waals surface area (Å²) in [5.74, 6) is 0.833. The summed E-state index contributed by atoms with van der Waals surface area (Å²) >= 11 is 5.69. The first-order chi connectivity index (χ1) is 7.26. The number of benzene rings is 1. The number of anilines is 1. The third-order valence-electron chi connectivity index (χ3n) is 2.78. The van der Waals surface area contributed by atoms with Crippen molar-refractivity contribution in [1.82, 2.24) is 0 Å². The molecule has 0 bridgehead atoms. The largest absolute Gasteiger partial charge is 0.312 e. The van der Waals surface area contributed by atoms with E-state index in [1.807, 2.05) is 17.9 Å². The predicted octanol–water partition coefficient (Wildman–Crippen LogP) is 2.38. The van der Waals surface area contributed by atoms with Gasteiger partial charge in [-0.2, -0.15) is 0 Å². The molecule has 1 heterocycles. The first kappa shape index (κ1) is 10.5. The van der Waals surface area contributed by atoms with Crippen molar-refractivity contribution in [3.63, 3.8) is 0 Å². The van der Waals surface area contributed by atoms with Crippen LogP contribution in [0.25, 0.3) is 0 Å². The number of halogens is 1. The van der Waals surface area contributed by atoms with Crippen LogP contribution in [-0.2, 0) is 17.6 Å². The molecule has 0 spiro atoms. The molecule has 15 heavy (non-hydrogen) atoms. The molecule has 0 atom stereocenters. The van der Waals surface area contributed by atoms with Crippen LogP contribution in [0.3, 0.4) is 0 Å². The van der Waals surface area contributed by atoms with Crippen molar-refractivity contribution in [3.8, 4) is 0 Å². The van der Waals surface area contributed by atoms with Crippen LogP contribution in [0.4, 0.5) is 5.69 Å². The number of alkyl halides is 1. The normalized spacial score (nSPS) is 14.5. The summed E-state index contributed by atoms with van der Waals surface area (Å²) in [4.78, 5) is 13.5. The summed E-state index contributed by atoms with van der Waals surface area (Å²) in [5.41, 5.74) is 3.43. The molecule has 0 saturated heterocycles. The topological polar surface area (TPSA) is 20.3 Å². The quantitative estimate of drug-likeness (QED) is 0.721. The Labute approximate surface area is 94.8 Å². The lowest BCUT2D eigenvalue weighted by atomic mass is 10.1. The van der Waals surface area contributed by atoms with E-state index in [0.29, 0.717) is 12.3 Å². The Morgan fingerprint density at radius 3 is 2.93 bits per heavy atom. The van der Waals surface area contributed by atoms with E-state index in [1.54, 1.807) is 0 Å². The molecule has 0 aliphatic carbocycles. The number of hydrogen-bond acceptors (Lipinski definition) is 1. The molecule has 1 aromatic carbocycles. The summed E-state index contributed by atoms with van der Waals surface area (Å²) in [6, 6.07) is 6.19. The highest BCUT2D eigenvalue weighted by molar-refractivity contribution is 6.18. The average molecular weight is 224 g/mol. The van der Waals surface area contributed by atoms with Crippen molar-refractivity contribution in [2.45, 2.75) is 19.8 Å². The van der Waals surface area contributed by atoms with Crippen molar-refractivity contribution < 1.29 is 4.79 Å². The Bertz CT molecular complexity index is 389. The van der Waals surface area contributed by atoms with E-state index in [1.165, 1.54) is 5.56 Å². The monoisotopic (exact) mass is 223 g/mol. The zero-order valence-corrected chi connectivity index (χ0v) is 9.55. The van der Waals surface area contributed by atoms with Crippen LogP contribution in [0.5, 0.6) is 0 Å². The van der Waals surface area contributed by atoms with Gasteiger partial charge >= 0.3 is 0 Å². The second kappa shape index (κ2) is 4.23. The molecule has 1 amide bonds. The van der Waals surface area contributed by atoms with Crippen LogP contribution in [0.1, 0.15) is 18.1 Å². The number of carbonyl (C=O) groups excluding carboxylic acids is 1. The number of carbonyl (C=O) groups is 1. The van der Waals surface area contributed by atoms with Gasteiger partial charge in [-0.05, 0) is 30.5 Å². The maximum Gasteiger partial charge on any atom is 0.231 e. The smallest absolute Gasteiger partial charge is 0.231 e. The molecule has 0 fully saturated rings. The third-order valence-corrected chi connectivity index (χ3v) is 2.97. The van der Waals surface area contributed by atoms with Crippen molar-refractivity contribution in [2.24, 2.45) is 0 Å². The predicted molar refractivity (Wildman–Crippen MR) is 62.6 cm³/mol. The van der Waals surface area contributed by atoms with E-state index in [9.17, 15) is 4.79 Å². The fourth-order valence-electron chi connectivity index (χ4n) is 2.05. The zero-order chi connectivity index (χ0) is 10.8. The van der Waals surface area contributed by atoms with Gasteiger partial charge in [0, 0.05) is 18.1 Å². The van der Waals surface area contributed by atoms with Gasteiger partial charge in [0.05, 0.1) is 6.42 Å². The molecule has 0 N–H and O–H groups in total. The molecule has 0 saturated carbocycles. The number of nitrogens with zero attached hydrogens (tertiary/aromatic N) is 1. The van der Waals surface area contributed by atoms with E-state index in [4.69, 9.17) is 11.6 Å². The van der Waals surface area contributed by atoms with Gasteiger partial charge in [-0.3, -0.25) is 4.79 Å². The van der Waals surface area contributed by atoms with Gasteiger partial charge in [-0.25, -0.2) is 0 Å². The maximum atomic E-state index is 11.6. The second-order valence-electron chi connectivity index (χ2n) is 3.72. The lowest BCUT2D eigenvalue weighted by molar-refractivity contribution is -0.117. The Hall–Kier alpha value is -1.02. The first-order valence-electron chi connectivity index (χ1n) is 5.24. The summed E-state index contributed by atoms with van der Waals surface area (Å²) in [6.07, 6.45) is 1.41. The number of amides is 1. The number of fused-ring (bicyclic) bond motifs is 1. The first-order valence-corrected chi connectivity index (χ1v) is 5.78. The highest BCUT2D eigenvalue weighted by atomic mass is 35.5. The number of rotatable bonds is 3. The molecule has 1 aliphatic rings. The van der Waals surface area contributed by atoms with Crippen LogP contribution >= 0.6 is 11.6 Å². The lowest BCUT2D eigenvalue weighted by Gasteiger charge is -2.14. The number of hydrogen-bond donors (Lipinski definition) is 0. The maximum absolute atomic E-state index is 11.6. The second-order valence-corrected chi connectivity index (χ2v) is 4.09. The minimum Gasteiger partial charge on any atom is -0.312 e. The van der Waals surface area contributed by atoms with Crippen LogP contribution in [0.2, 0.25) is 0 Å². The van der Waals surface area contributed by atoms with Crippen LogP contribution in [0, 0.1) is 0 Å². The number of aryl methyl sites for hydroxylation is 1. The molecular formula is C12H14ClNO. The molecule has 0 aromatic heterocycles. The molecule has 2 rings (SSSR count). The van der Waals surface area contributed by atoms with E-state index in [-0.39, 0.29) is 5.91 Å². The van der Waals surface area contributed by atoms with E-state index in [2.05, 4.69) is 12.1 Å². The van der Waals surface area contributed by atoms with Gasteiger partial charge in [-0.15, -0.1) is 11.6 Å². The minimum atomic E-state index is 0.204. The SMILES string of the molecule is CCN1C(=O)Cc2cc(CCCl)ccc21. The Kier molecular flexibility index (Phi) is 2.96. The van der Waals surface area contributed by atoms with Crippen LogP contribution < -0.4 is 4.90 Å². The molecule has 0 radical (unpaired) electrons. The molecule has 3 heteroatoms. The summed E-state index contributed by atoms with van der Waals surface area (Å²) in [6.45, 7) is 2.75. The molecule has 2 nitrogen and oxygen atoms in total. The lowest BCUT2D eigenvalue weighted by Crippen LogP contribution is -2.25. The van der Waals surface area contributed by atoms with Crippen molar-refractivity contribution in [3.05, 3.63) is 29.3 Å². The van der Waals surface area contributed by atoms with Gasteiger partial charge in [0.15, 0.2) is 0 Å². The molecule has 80 valence electrons. The van der Waals surface area contributed by atoms with Gasteiger partial charge in [0.2, 0.25) is 5.91 Å². The zero-order valence-electron chi connectivity index (χ0n) is 8.79. The van der Waals surface area contributed by atoms with E-state index in [0.717, 1.165) is 24.2 Å². The highest BCUT2D eigenvalue weighted by Crippen LogP contribution is 2.29. The molecule has 0 unspecified atom stereocenters. The Balaban J connectivity index is 2.33. The summed E-state index contributed by atoms with van der Waals surface area (Å²) in [5, 5.41) is 0. The van der Waals surface area contributed by atoms with E-state index >= 15 is 0 Å². The average Bonchev–Trinajstić information content (AvgIpc) is 2.53. The minimum absolute atomic E-state index is 0.204.